The van der Waals surface area contributed by atoms with Gasteiger partial charge in [0, 0.05) is 19.6 Å². The van der Waals surface area contributed by atoms with Crippen molar-refractivity contribution in [1.82, 2.24) is 10.2 Å². The van der Waals surface area contributed by atoms with Crippen LogP contribution in [0.3, 0.4) is 0 Å². The number of sulfone groups is 1. The lowest BCUT2D eigenvalue weighted by Crippen LogP contribution is -2.53. The average molecular weight is 489 g/mol. The van der Waals surface area contributed by atoms with Gasteiger partial charge in [-0.2, -0.15) is 0 Å². The first kappa shape index (κ1) is 24.8. The molecule has 1 saturated heterocycles. The van der Waals surface area contributed by atoms with Gasteiger partial charge in [0.1, 0.15) is 5.82 Å². The molecule has 2 aromatic carbocycles. The topological polar surface area (TPSA) is 75.7 Å². The molecule has 1 aliphatic heterocycles. The largest absolute Gasteiger partial charge is 0.379 e. The molecule has 184 valence electrons. The highest BCUT2D eigenvalue weighted by Crippen LogP contribution is 2.41. The first-order valence-corrected chi connectivity index (χ1v) is 13.4. The van der Waals surface area contributed by atoms with Gasteiger partial charge in [-0.15, -0.1) is 0 Å². The van der Waals surface area contributed by atoms with Crippen LogP contribution >= 0.6 is 0 Å². The Balaban J connectivity index is 1.59. The van der Waals surface area contributed by atoms with Crippen LogP contribution in [0.1, 0.15) is 48.4 Å². The molecular formula is C26H33FN2O4S. The Morgan fingerprint density at radius 3 is 2.32 bits per heavy atom. The van der Waals surface area contributed by atoms with Crippen LogP contribution in [0.2, 0.25) is 0 Å². The second-order valence-corrected chi connectivity index (χ2v) is 11.6. The highest BCUT2D eigenvalue weighted by Gasteiger charge is 2.53. The summed E-state index contributed by atoms with van der Waals surface area (Å²) in [6, 6.07) is 11.1. The molecule has 0 radical (unpaired) electrons. The summed E-state index contributed by atoms with van der Waals surface area (Å²) in [5.41, 5.74) is 2.77. The van der Waals surface area contributed by atoms with Crippen molar-refractivity contribution >= 4 is 15.7 Å². The summed E-state index contributed by atoms with van der Waals surface area (Å²) < 4.78 is 45.1. The Kier molecular flexibility index (Phi) is 7.40. The number of ether oxygens (including phenoxy) is 1. The van der Waals surface area contributed by atoms with Gasteiger partial charge in [0.05, 0.1) is 24.2 Å². The first-order valence-electron chi connectivity index (χ1n) is 11.9. The minimum atomic E-state index is -3.88. The summed E-state index contributed by atoms with van der Waals surface area (Å²) in [6.07, 6.45) is 2.02. The second kappa shape index (κ2) is 10.1. The van der Waals surface area contributed by atoms with E-state index in [1.54, 1.807) is 30.3 Å². The number of benzene rings is 2. The highest BCUT2D eigenvalue weighted by molar-refractivity contribution is 7.93. The molecule has 2 aliphatic rings. The maximum absolute atomic E-state index is 13.8. The number of rotatable bonds is 7. The predicted molar refractivity (Wildman–Crippen MR) is 129 cm³/mol. The van der Waals surface area contributed by atoms with Crippen molar-refractivity contribution < 1.29 is 22.3 Å². The third-order valence-corrected chi connectivity index (χ3v) is 9.82. The first-order chi connectivity index (χ1) is 16.2. The van der Waals surface area contributed by atoms with Crippen molar-refractivity contribution in [3.05, 3.63) is 65.0 Å². The molecule has 1 heterocycles. The molecule has 1 amide bonds. The number of carbonyl (C=O) groups excluding carboxylic acids is 1. The number of halogens is 1. The molecule has 0 aromatic heterocycles. The average Bonchev–Trinajstić information content (AvgIpc) is 3.35. The normalized spacial score (nSPS) is 19.6. The van der Waals surface area contributed by atoms with Crippen LogP contribution in [-0.4, -0.2) is 56.8 Å². The fourth-order valence-corrected chi connectivity index (χ4v) is 7.23. The molecule has 2 aromatic rings. The summed E-state index contributed by atoms with van der Waals surface area (Å²) in [4.78, 5) is 16.0. The fraction of sp³-hybridized carbons (Fsp3) is 0.500. The number of hydrogen-bond acceptors (Lipinski definition) is 5. The second-order valence-electron chi connectivity index (χ2n) is 9.38. The molecule has 0 bridgehead atoms. The minimum Gasteiger partial charge on any atom is -0.379 e. The summed E-state index contributed by atoms with van der Waals surface area (Å²) >= 11 is 0. The number of carbonyl (C=O) groups is 1. The van der Waals surface area contributed by atoms with Crippen LogP contribution in [0, 0.1) is 19.7 Å². The van der Waals surface area contributed by atoms with Gasteiger partial charge >= 0.3 is 0 Å². The van der Waals surface area contributed by atoms with E-state index >= 15 is 0 Å². The maximum Gasteiger partial charge on any atom is 0.241 e. The molecule has 4 rings (SSSR count). The lowest BCUT2D eigenvalue weighted by molar-refractivity contribution is -0.123. The molecule has 2 fully saturated rings. The summed E-state index contributed by atoms with van der Waals surface area (Å²) in [5, 5.41) is 2.98. The van der Waals surface area contributed by atoms with Gasteiger partial charge in [-0.25, -0.2) is 12.8 Å². The quantitative estimate of drug-likeness (QED) is 0.643. The lowest BCUT2D eigenvalue weighted by atomic mass is 10.0. The van der Waals surface area contributed by atoms with Gasteiger partial charge in [-0.05, 0) is 67.6 Å². The Labute approximate surface area is 201 Å². The maximum atomic E-state index is 13.8. The Bertz CT molecular complexity index is 1120. The number of amides is 1. The molecule has 6 nitrogen and oxygen atoms in total. The lowest BCUT2D eigenvalue weighted by Gasteiger charge is -2.36. The van der Waals surface area contributed by atoms with E-state index in [0.29, 0.717) is 52.0 Å². The van der Waals surface area contributed by atoms with Gasteiger partial charge < -0.3 is 10.1 Å². The van der Waals surface area contributed by atoms with Crippen LogP contribution in [-0.2, 0) is 19.4 Å². The summed E-state index contributed by atoms with van der Waals surface area (Å²) in [5.74, 6) is -0.762. The number of nitrogens with one attached hydrogen (secondary N) is 1. The van der Waals surface area contributed by atoms with Crippen LogP contribution < -0.4 is 5.32 Å². The molecule has 1 saturated carbocycles. The number of nitrogens with zero attached hydrogens (tertiary/aromatic N) is 1. The summed E-state index contributed by atoms with van der Waals surface area (Å²) in [7, 11) is -3.88. The summed E-state index contributed by atoms with van der Waals surface area (Å²) in [6.45, 7) is 6.59. The van der Waals surface area contributed by atoms with E-state index in [0.717, 1.165) is 16.7 Å². The molecule has 1 N–H and O–H groups in total. The van der Waals surface area contributed by atoms with Crippen molar-refractivity contribution in [1.29, 1.82) is 0 Å². The van der Waals surface area contributed by atoms with E-state index in [1.165, 1.54) is 12.1 Å². The minimum absolute atomic E-state index is 0.198. The third-order valence-electron chi connectivity index (χ3n) is 7.33. The molecule has 0 spiro atoms. The van der Waals surface area contributed by atoms with E-state index in [1.807, 2.05) is 13.8 Å². The van der Waals surface area contributed by atoms with Gasteiger partial charge in [-0.3, -0.25) is 9.69 Å². The third kappa shape index (κ3) is 4.76. The molecular weight excluding hydrogens is 455 g/mol. The molecule has 1 unspecified atom stereocenters. The number of aryl methyl sites for hydroxylation is 2. The predicted octanol–water partition coefficient (Wildman–Crippen LogP) is 3.72. The van der Waals surface area contributed by atoms with Crippen LogP contribution in [0.15, 0.2) is 47.4 Å². The standard InChI is InChI=1S/C26H33FN2O4S/c1-19-5-10-23(17-20(19)2)34(31,32)26(11-3-4-12-26)25(30)28-18-24(29-13-15-33-16-14-29)21-6-8-22(27)9-7-21/h5-10,17,24H,3-4,11-16,18H2,1-2H3,(H,28,30). The van der Waals surface area contributed by atoms with Crippen LogP contribution in [0.25, 0.3) is 0 Å². The van der Waals surface area contributed by atoms with Crippen molar-refractivity contribution in [2.75, 3.05) is 32.8 Å². The van der Waals surface area contributed by atoms with Gasteiger partial charge in [0.25, 0.3) is 0 Å². The van der Waals surface area contributed by atoms with E-state index in [2.05, 4.69) is 10.2 Å². The van der Waals surface area contributed by atoms with E-state index in [4.69, 9.17) is 4.74 Å². The van der Waals surface area contributed by atoms with Crippen LogP contribution in [0.4, 0.5) is 4.39 Å². The number of hydrogen-bond donors (Lipinski definition) is 1. The SMILES string of the molecule is Cc1ccc(S(=O)(=O)C2(C(=O)NCC(c3ccc(F)cc3)N3CCOCC3)CCCC2)cc1C. The molecule has 34 heavy (non-hydrogen) atoms. The highest BCUT2D eigenvalue weighted by atomic mass is 32.2. The molecule has 8 heteroatoms. The molecule has 1 aliphatic carbocycles. The van der Waals surface area contributed by atoms with Crippen molar-refractivity contribution in [2.24, 2.45) is 0 Å². The Morgan fingerprint density at radius 1 is 1.06 bits per heavy atom. The van der Waals surface area contributed by atoms with Crippen molar-refractivity contribution in [2.45, 2.75) is 55.2 Å². The Hall–Kier alpha value is -2.29. The van der Waals surface area contributed by atoms with E-state index < -0.39 is 20.5 Å². The van der Waals surface area contributed by atoms with Crippen LogP contribution in [0.5, 0.6) is 0 Å². The Morgan fingerprint density at radius 2 is 1.71 bits per heavy atom. The zero-order valence-electron chi connectivity index (χ0n) is 19.8. The van der Waals surface area contributed by atoms with Gasteiger partial charge in [0.2, 0.25) is 5.91 Å². The monoisotopic (exact) mass is 488 g/mol. The fourth-order valence-electron chi connectivity index (χ4n) is 5.05. The van der Waals surface area contributed by atoms with Gasteiger partial charge in [0.15, 0.2) is 14.6 Å². The molecule has 1 atom stereocenters. The van der Waals surface area contributed by atoms with Crippen molar-refractivity contribution in [3.63, 3.8) is 0 Å². The zero-order valence-corrected chi connectivity index (χ0v) is 20.7. The van der Waals surface area contributed by atoms with E-state index in [-0.39, 0.29) is 23.3 Å². The smallest absolute Gasteiger partial charge is 0.241 e. The zero-order chi connectivity index (χ0) is 24.3. The van der Waals surface area contributed by atoms with E-state index in [9.17, 15) is 17.6 Å². The van der Waals surface area contributed by atoms with Crippen molar-refractivity contribution in [3.8, 4) is 0 Å². The number of morpholine rings is 1. The van der Waals surface area contributed by atoms with Gasteiger partial charge in [-0.1, -0.05) is 31.0 Å².